The number of carbonyl (C=O) groups is 1. The molecule has 23 heavy (non-hydrogen) atoms. The van der Waals surface area contributed by atoms with Gasteiger partial charge in [-0.1, -0.05) is 40.7 Å². The van der Waals surface area contributed by atoms with Crippen molar-refractivity contribution in [3.63, 3.8) is 0 Å². The highest BCUT2D eigenvalue weighted by atomic mass is 16.4. The summed E-state index contributed by atoms with van der Waals surface area (Å²) >= 11 is 0. The Balaban J connectivity index is 2.17. The fourth-order valence-electron chi connectivity index (χ4n) is 5.57. The lowest BCUT2D eigenvalue weighted by Crippen LogP contribution is -2.52. The summed E-state index contributed by atoms with van der Waals surface area (Å²) in [4.78, 5) is 10.9. The lowest BCUT2D eigenvalue weighted by molar-refractivity contribution is -0.138. The van der Waals surface area contributed by atoms with E-state index < -0.39 is 12.1 Å². The summed E-state index contributed by atoms with van der Waals surface area (Å²) in [6.07, 6.45) is 6.19. The quantitative estimate of drug-likeness (QED) is 0.725. The normalized spacial score (nSPS) is 38.0. The molecule has 0 amide bonds. The molecule has 0 heterocycles. The van der Waals surface area contributed by atoms with Gasteiger partial charge < -0.3 is 10.2 Å². The molecule has 0 saturated heterocycles. The first kappa shape index (κ1) is 18.5. The van der Waals surface area contributed by atoms with Crippen molar-refractivity contribution < 1.29 is 15.0 Å². The largest absolute Gasteiger partial charge is 0.481 e. The molecule has 2 aliphatic rings. The van der Waals surface area contributed by atoms with Gasteiger partial charge in [0.1, 0.15) is 0 Å². The van der Waals surface area contributed by atoms with Crippen LogP contribution in [0.1, 0.15) is 72.6 Å². The van der Waals surface area contributed by atoms with E-state index in [1.54, 1.807) is 0 Å². The maximum Gasteiger partial charge on any atom is 0.303 e. The maximum atomic E-state index is 10.9. The maximum absolute atomic E-state index is 10.9. The first-order chi connectivity index (χ1) is 10.6. The molecule has 2 saturated carbocycles. The lowest BCUT2D eigenvalue weighted by Gasteiger charge is -2.59. The number of aliphatic hydroxyl groups is 1. The highest BCUT2D eigenvalue weighted by molar-refractivity contribution is 5.66. The van der Waals surface area contributed by atoms with Gasteiger partial charge in [0.25, 0.3) is 0 Å². The van der Waals surface area contributed by atoms with E-state index in [2.05, 4.69) is 27.4 Å². The SMILES string of the molecule is C=C1[C@@H](CC[C@@H](C)CC(=O)O)[C@]2(C)CCCC(C)(C)[C@H]2C[C@@H]1O. The first-order valence-electron chi connectivity index (χ1n) is 9.16. The van der Waals surface area contributed by atoms with Crippen molar-refractivity contribution in [3.8, 4) is 0 Å². The molecule has 0 aromatic heterocycles. The monoisotopic (exact) mass is 322 g/mol. The molecule has 2 aliphatic carbocycles. The molecule has 2 rings (SSSR count). The van der Waals surface area contributed by atoms with E-state index in [1.807, 2.05) is 6.92 Å². The molecule has 2 N–H and O–H groups in total. The molecular formula is C20H34O3. The molecule has 5 atom stereocenters. The molecule has 3 nitrogen and oxygen atoms in total. The Hall–Kier alpha value is -0.830. The fourth-order valence-corrected chi connectivity index (χ4v) is 5.57. The average Bonchev–Trinajstić information content (AvgIpc) is 2.40. The minimum absolute atomic E-state index is 0.179. The van der Waals surface area contributed by atoms with E-state index in [4.69, 9.17) is 5.11 Å². The van der Waals surface area contributed by atoms with Gasteiger partial charge in [0.05, 0.1) is 6.10 Å². The van der Waals surface area contributed by atoms with Crippen molar-refractivity contribution >= 4 is 5.97 Å². The topological polar surface area (TPSA) is 57.5 Å². The van der Waals surface area contributed by atoms with E-state index in [0.717, 1.165) is 24.8 Å². The van der Waals surface area contributed by atoms with E-state index >= 15 is 0 Å². The highest BCUT2D eigenvalue weighted by Gasteiger charge is 2.54. The van der Waals surface area contributed by atoms with Crippen LogP contribution in [0.25, 0.3) is 0 Å². The molecule has 0 spiro atoms. The van der Waals surface area contributed by atoms with E-state index in [1.165, 1.54) is 19.3 Å². The number of carboxylic acids is 1. The zero-order chi connectivity index (χ0) is 17.4. The summed E-state index contributed by atoms with van der Waals surface area (Å²) in [6, 6.07) is 0. The molecule has 0 bridgehead atoms. The highest BCUT2D eigenvalue weighted by Crippen LogP contribution is 2.61. The van der Waals surface area contributed by atoms with Crippen LogP contribution in [0.2, 0.25) is 0 Å². The standard InChI is InChI=1S/C20H34O3/c1-13(11-18(22)23)7-8-15-14(2)16(21)12-17-19(3,4)9-6-10-20(15,17)5/h13,15-17,21H,2,6-12H2,1,3-5H3,(H,22,23)/t13-,15-,16+,17-,20+/m1/s1. The number of carboxylic acid groups (broad SMARTS) is 1. The van der Waals surface area contributed by atoms with Crippen molar-refractivity contribution in [1.29, 1.82) is 0 Å². The van der Waals surface area contributed by atoms with E-state index in [0.29, 0.717) is 11.8 Å². The predicted molar refractivity (Wildman–Crippen MR) is 93.1 cm³/mol. The van der Waals surface area contributed by atoms with Crippen LogP contribution in [0.15, 0.2) is 12.2 Å². The third kappa shape index (κ3) is 3.65. The molecule has 3 heteroatoms. The summed E-state index contributed by atoms with van der Waals surface area (Å²) in [5.41, 5.74) is 1.45. The lowest BCUT2D eigenvalue weighted by atomic mass is 9.46. The van der Waals surface area contributed by atoms with Gasteiger partial charge >= 0.3 is 5.97 Å². The van der Waals surface area contributed by atoms with Crippen LogP contribution in [-0.4, -0.2) is 22.3 Å². The van der Waals surface area contributed by atoms with Crippen molar-refractivity contribution in [3.05, 3.63) is 12.2 Å². The van der Waals surface area contributed by atoms with E-state index in [9.17, 15) is 9.90 Å². The number of hydrogen-bond acceptors (Lipinski definition) is 2. The summed E-state index contributed by atoms with van der Waals surface area (Å²) in [7, 11) is 0. The molecule has 0 aromatic carbocycles. The van der Waals surface area contributed by atoms with Crippen LogP contribution in [0.3, 0.4) is 0 Å². The Morgan fingerprint density at radius 3 is 2.61 bits per heavy atom. The second-order valence-corrected chi connectivity index (χ2v) is 9.06. The minimum atomic E-state index is -0.720. The van der Waals surface area contributed by atoms with Crippen molar-refractivity contribution in [2.45, 2.75) is 78.7 Å². The second-order valence-electron chi connectivity index (χ2n) is 9.06. The Morgan fingerprint density at radius 1 is 1.35 bits per heavy atom. The van der Waals surface area contributed by atoms with Gasteiger partial charge in [-0.05, 0) is 66.3 Å². The van der Waals surface area contributed by atoms with Crippen LogP contribution in [0, 0.1) is 28.6 Å². The van der Waals surface area contributed by atoms with Crippen LogP contribution >= 0.6 is 0 Å². The smallest absolute Gasteiger partial charge is 0.303 e. The van der Waals surface area contributed by atoms with Crippen LogP contribution in [-0.2, 0) is 4.79 Å². The van der Waals surface area contributed by atoms with Crippen LogP contribution in [0.5, 0.6) is 0 Å². The van der Waals surface area contributed by atoms with Gasteiger partial charge in [-0.3, -0.25) is 4.79 Å². The minimum Gasteiger partial charge on any atom is -0.481 e. The van der Waals surface area contributed by atoms with E-state index in [-0.39, 0.29) is 23.2 Å². The summed E-state index contributed by atoms with van der Waals surface area (Å²) in [5.74, 6) is 0.289. The Morgan fingerprint density at radius 2 is 2.00 bits per heavy atom. The van der Waals surface area contributed by atoms with Gasteiger partial charge in [0.15, 0.2) is 0 Å². The number of aliphatic hydroxyl groups excluding tert-OH is 1. The number of hydrogen-bond donors (Lipinski definition) is 2. The molecule has 0 aromatic rings. The first-order valence-corrected chi connectivity index (χ1v) is 9.16. The molecule has 0 radical (unpaired) electrons. The zero-order valence-corrected chi connectivity index (χ0v) is 15.3. The summed E-state index contributed by atoms with van der Waals surface area (Å²) in [6.45, 7) is 13.3. The second kappa shape index (κ2) is 6.58. The molecular weight excluding hydrogens is 288 g/mol. The molecule has 0 aliphatic heterocycles. The van der Waals surface area contributed by atoms with Crippen molar-refractivity contribution in [2.24, 2.45) is 28.6 Å². The Kier molecular flexibility index (Phi) is 5.30. The van der Waals surface area contributed by atoms with Gasteiger partial charge in [0.2, 0.25) is 0 Å². The van der Waals surface area contributed by atoms with Crippen LogP contribution in [0.4, 0.5) is 0 Å². The van der Waals surface area contributed by atoms with Crippen LogP contribution < -0.4 is 0 Å². The van der Waals surface area contributed by atoms with Gasteiger partial charge in [-0.15, -0.1) is 0 Å². The van der Waals surface area contributed by atoms with Gasteiger partial charge in [0, 0.05) is 6.42 Å². The molecule has 0 unspecified atom stereocenters. The predicted octanol–water partition coefficient (Wildman–Crippen LogP) is 4.65. The number of aliphatic carboxylic acids is 1. The Bertz CT molecular complexity index is 468. The van der Waals surface area contributed by atoms with Gasteiger partial charge in [-0.2, -0.15) is 0 Å². The molecule has 132 valence electrons. The average molecular weight is 322 g/mol. The van der Waals surface area contributed by atoms with Crippen molar-refractivity contribution in [1.82, 2.24) is 0 Å². The number of fused-ring (bicyclic) bond motifs is 1. The van der Waals surface area contributed by atoms with Crippen molar-refractivity contribution in [2.75, 3.05) is 0 Å². The number of rotatable bonds is 5. The summed E-state index contributed by atoms with van der Waals surface area (Å²) < 4.78 is 0. The van der Waals surface area contributed by atoms with Gasteiger partial charge in [-0.25, -0.2) is 0 Å². The third-order valence-electron chi connectivity index (χ3n) is 6.88. The summed E-state index contributed by atoms with van der Waals surface area (Å²) in [5, 5.41) is 19.5. The Labute approximate surface area is 141 Å². The fraction of sp³-hybridized carbons (Fsp3) is 0.850. The third-order valence-corrected chi connectivity index (χ3v) is 6.88. The molecule has 2 fully saturated rings. The zero-order valence-electron chi connectivity index (χ0n) is 15.3.